The van der Waals surface area contributed by atoms with Gasteiger partial charge in [0.25, 0.3) is 5.91 Å². The zero-order chi connectivity index (χ0) is 24.1. The molecule has 0 saturated carbocycles. The molecule has 0 aliphatic carbocycles. The average molecular weight is 493 g/mol. The number of nitrogens with zero attached hydrogens (tertiary/aromatic N) is 2. The zero-order valence-electron chi connectivity index (χ0n) is 19.5. The van der Waals surface area contributed by atoms with E-state index in [2.05, 4.69) is 47.0 Å². The highest BCUT2D eigenvalue weighted by molar-refractivity contribution is 7.14. The summed E-state index contributed by atoms with van der Waals surface area (Å²) in [5.41, 5.74) is 5.27. The lowest BCUT2D eigenvalue weighted by atomic mass is 10.1. The van der Waals surface area contributed by atoms with E-state index in [4.69, 9.17) is 0 Å². The van der Waals surface area contributed by atoms with E-state index in [1.807, 2.05) is 47.2 Å². The van der Waals surface area contributed by atoms with Crippen molar-refractivity contribution in [3.05, 3.63) is 81.1 Å². The van der Waals surface area contributed by atoms with Crippen molar-refractivity contribution in [2.24, 2.45) is 0 Å². The summed E-state index contributed by atoms with van der Waals surface area (Å²) in [4.78, 5) is 31.2. The SMILES string of the molecule is CCCn1c(C)cc(-c2csc(NC(=O)C(Cc3ccccc3)NC(=O)c3cccs3)n2)c1C. The van der Waals surface area contributed by atoms with Crippen molar-refractivity contribution >= 4 is 39.6 Å². The second kappa shape index (κ2) is 10.8. The minimum absolute atomic E-state index is 0.255. The van der Waals surface area contributed by atoms with E-state index in [-0.39, 0.29) is 11.8 Å². The van der Waals surface area contributed by atoms with Gasteiger partial charge in [-0.15, -0.1) is 22.7 Å². The van der Waals surface area contributed by atoms with E-state index in [1.165, 1.54) is 34.1 Å². The minimum Gasteiger partial charge on any atom is -0.348 e. The van der Waals surface area contributed by atoms with Gasteiger partial charge in [-0.1, -0.05) is 43.3 Å². The molecule has 3 heterocycles. The first-order valence-electron chi connectivity index (χ1n) is 11.3. The number of thiazole rings is 1. The Morgan fingerprint density at radius 3 is 2.59 bits per heavy atom. The molecule has 0 aliphatic heterocycles. The highest BCUT2D eigenvalue weighted by Gasteiger charge is 2.24. The van der Waals surface area contributed by atoms with Crippen LogP contribution in [0.25, 0.3) is 11.3 Å². The molecule has 4 rings (SSSR count). The highest BCUT2D eigenvalue weighted by Crippen LogP contribution is 2.30. The number of carbonyl (C=O) groups is 2. The molecule has 1 atom stereocenters. The third kappa shape index (κ3) is 5.46. The predicted molar refractivity (Wildman–Crippen MR) is 140 cm³/mol. The van der Waals surface area contributed by atoms with Crippen LogP contribution in [-0.4, -0.2) is 27.4 Å². The summed E-state index contributed by atoms with van der Waals surface area (Å²) in [5.74, 6) is -0.541. The maximum Gasteiger partial charge on any atom is 0.262 e. The molecule has 6 nitrogen and oxygen atoms in total. The third-order valence-corrected chi connectivity index (χ3v) is 7.31. The van der Waals surface area contributed by atoms with Gasteiger partial charge in [-0.2, -0.15) is 0 Å². The van der Waals surface area contributed by atoms with Crippen molar-refractivity contribution in [2.45, 2.75) is 46.2 Å². The van der Waals surface area contributed by atoms with Gasteiger partial charge in [0.05, 0.1) is 10.6 Å². The van der Waals surface area contributed by atoms with Gasteiger partial charge in [-0.25, -0.2) is 4.98 Å². The third-order valence-electron chi connectivity index (χ3n) is 5.68. The topological polar surface area (TPSA) is 76.0 Å². The summed E-state index contributed by atoms with van der Waals surface area (Å²) < 4.78 is 2.29. The van der Waals surface area contributed by atoms with E-state index in [1.54, 1.807) is 6.07 Å². The quantitative estimate of drug-likeness (QED) is 0.316. The van der Waals surface area contributed by atoms with Crippen LogP contribution in [0.5, 0.6) is 0 Å². The fraction of sp³-hybridized carbons (Fsp3) is 0.269. The molecule has 2 amide bonds. The molecule has 2 N–H and O–H groups in total. The monoisotopic (exact) mass is 492 g/mol. The summed E-state index contributed by atoms with van der Waals surface area (Å²) in [5, 5.41) is 10.1. The summed E-state index contributed by atoms with van der Waals surface area (Å²) in [6.45, 7) is 7.34. The van der Waals surface area contributed by atoms with Crippen molar-refractivity contribution in [3.8, 4) is 11.3 Å². The number of anilines is 1. The highest BCUT2D eigenvalue weighted by atomic mass is 32.1. The molecule has 0 fully saturated rings. The molecule has 34 heavy (non-hydrogen) atoms. The number of carbonyl (C=O) groups excluding carboxylic acids is 2. The van der Waals surface area contributed by atoms with Gasteiger partial charge in [-0.3, -0.25) is 9.59 Å². The Balaban J connectivity index is 1.52. The smallest absolute Gasteiger partial charge is 0.262 e. The molecule has 176 valence electrons. The van der Waals surface area contributed by atoms with Crippen molar-refractivity contribution < 1.29 is 9.59 Å². The molecule has 4 aromatic rings. The Morgan fingerprint density at radius 1 is 1.09 bits per heavy atom. The van der Waals surface area contributed by atoms with E-state index in [0.717, 1.165) is 29.8 Å². The van der Waals surface area contributed by atoms with E-state index in [0.29, 0.717) is 16.4 Å². The maximum absolute atomic E-state index is 13.2. The van der Waals surface area contributed by atoms with Crippen LogP contribution in [0.15, 0.2) is 59.3 Å². The minimum atomic E-state index is -0.723. The van der Waals surface area contributed by atoms with Gasteiger partial charge in [0.2, 0.25) is 5.91 Å². The van der Waals surface area contributed by atoms with Gasteiger partial charge in [-0.05, 0) is 43.3 Å². The first kappa shape index (κ1) is 23.9. The lowest BCUT2D eigenvalue weighted by Crippen LogP contribution is -2.45. The van der Waals surface area contributed by atoms with Crippen LogP contribution in [0.2, 0.25) is 0 Å². The number of hydrogen-bond acceptors (Lipinski definition) is 5. The fourth-order valence-electron chi connectivity index (χ4n) is 3.97. The number of rotatable bonds is 9. The van der Waals surface area contributed by atoms with Gasteiger partial charge >= 0.3 is 0 Å². The Morgan fingerprint density at radius 2 is 1.88 bits per heavy atom. The molecule has 0 bridgehead atoms. The van der Waals surface area contributed by atoms with Gasteiger partial charge in [0.15, 0.2) is 5.13 Å². The number of amides is 2. The van der Waals surface area contributed by atoms with Crippen LogP contribution in [0.3, 0.4) is 0 Å². The van der Waals surface area contributed by atoms with Crippen molar-refractivity contribution in [2.75, 3.05) is 5.32 Å². The normalized spacial score (nSPS) is 11.9. The van der Waals surface area contributed by atoms with Gasteiger partial charge < -0.3 is 15.2 Å². The summed E-state index contributed by atoms with van der Waals surface area (Å²) in [6, 6.07) is 14.7. The number of aryl methyl sites for hydroxylation is 1. The summed E-state index contributed by atoms with van der Waals surface area (Å²) in [7, 11) is 0. The van der Waals surface area contributed by atoms with Crippen molar-refractivity contribution in [1.29, 1.82) is 0 Å². The largest absolute Gasteiger partial charge is 0.348 e. The first-order chi connectivity index (χ1) is 16.5. The Bertz CT molecular complexity index is 1260. The maximum atomic E-state index is 13.2. The second-order valence-corrected chi connectivity index (χ2v) is 9.96. The molecule has 0 radical (unpaired) electrons. The van der Waals surface area contributed by atoms with Crippen LogP contribution in [0.1, 0.15) is 40.0 Å². The van der Waals surface area contributed by atoms with E-state index >= 15 is 0 Å². The molecule has 1 unspecified atom stereocenters. The number of nitrogens with one attached hydrogen (secondary N) is 2. The standard InChI is InChI=1S/C26H28N4O2S2/c1-4-12-30-17(2)14-20(18(30)3)22-16-34-26(28-22)29-24(31)21(15-19-9-6-5-7-10-19)27-25(32)23-11-8-13-33-23/h5-11,13-14,16,21H,4,12,15H2,1-3H3,(H,27,32)(H,28,29,31). The summed E-state index contributed by atoms with van der Waals surface area (Å²) >= 11 is 2.74. The Kier molecular flexibility index (Phi) is 7.59. The zero-order valence-corrected chi connectivity index (χ0v) is 21.1. The molecule has 1 aromatic carbocycles. The predicted octanol–water partition coefficient (Wildman–Crippen LogP) is 5.68. The average Bonchev–Trinajstić information content (AvgIpc) is 3.58. The molecule has 0 saturated heterocycles. The second-order valence-electron chi connectivity index (χ2n) is 8.16. The van der Waals surface area contributed by atoms with Crippen molar-refractivity contribution in [1.82, 2.24) is 14.9 Å². The first-order valence-corrected chi connectivity index (χ1v) is 13.0. The van der Waals surface area contributed by atoms with Crippen LogP contribution in [0, 0.1) is 13.8 Å². The fourth-order valence-corrected chi connectivity index (χ4v) is 5.31. The van der Waals surface area contributed by atoms with Crippen molar-refractivity contribution in [3.63, 3.8) is 0 Å². The summed E-state index contributed by atoms with van der Waals surface area (Å²) in [6.07, 6.45) is 1.45. The molecule has 0 spiro atoms. The number of aromatic nitrogens is 2. The molecular weight excluding hydrogens is 464 g/mol. The number of hydrogen-bond donors (Lipinski definition) is 2. The molecule has 0 aliphatic rings. The number of thiophene rings is 1. The van der Waals surface area contributed by atoms with Gasteiger partial charge in [0, 0.05) is 35.3 Å². The van der Waals surface area contributed by atoms with Crippen LogP contribution < -0.4 is 10.6 Å². The molecule has 3 aromatic heterocycles. The number of benzene rings is 1. The van der Waals surface area contributed by atoms with Gasteiger partial charge in [0.1, 0.15) is 6.04 Å². The lowest BCUT2D eigenvalue weighted by Gasteiger charge is -2.17. The van der Waals surface area contributed by atoms with E-state index < -0.39 is 6.04 Å². The molecule has 8 heteroatoms. The van der Waals surface area contributed by atoms with Crippen LogP contribution in [0.4, 0.5) is 5.13 Å². The Hall–Kier alpha value is -3.23. The van der Waals surface area contributed by atoms with Crippen LogP contribution in [-0.2, 0) is 17.8 Å². The van der Waals surface area contributed by atoms with Crippen LogP contribution >= 0.6 is 22.7 Å². The molecular formula is C26H28N4O2S2. The Labute approximate surface area is 207 Å². The lowest BCUT2D eigenvalue weighted by molar-refractivity contribution is -0.118. The van der Waals surface area contributed by atoms with E-state index in [9.17, 15) is 9.59 Å².